The van der Waals surface area contributed by atoms with E-state index in [0.29, 0.717) is 11.5 Å². The molecule has 1 fully saturated rings. The topological polar surface area (TPSA) is 48.8 Å². The zero-order valence-corrected chi connectivity index (χ0v) is 26.8. The number of unbranched alkanes of at least 4 members (excludes halogenated alkanes) is 1. The number of anilines is 1. The number of aliphatic hydroxyl groups is 1. The Balaban J connectivity index is 1.52. The Labute approximate surface area is 250 Å². The van der Waals surface area contributed by atoms with Crippen LogP contribution in [0.4, 0.5) is 5.82 Å². The predicted molar refractivity (Wildman–Crippen MR) is 173 cm³/mol. The second kappa shape index (κ2) is 15.0. The first-order valence-corrected chi connectivity index (χ1v) is 16.7. The molecule has 2 aliphatic rings. The lowest BCUT2D eigenvalue weighted by atomic mass is 9.57. The lowest BCUT2D eigenvalue weighted by Crippen LogP contribution is -2.46. The predicted octanol–water partition coefficient (Wildman–Crippen LogP) is 7.74. The number of fused-ring (bicyclic) bond motifs is 1. The van der Waals surface area contributed by atoms with Crippen LogP contribution in [0.2, 0.25) is 0 Å². The number of benzene rings is 1. The summed E-state index contributed by atoms with van der Waals surface area (Å²) in [7, 11) is 1.79. The molecule has 1 aromatic carbocycles. The molecule has 4 rings (SSSR count). The molecule has 2 aromatic rings. The maximum absolute atomic E-state index is 9.27. The van der Waals surface area contributed by atoms with Gasteiger partial charge in [0.25, 0.3) is 0 Å². The van der Waals surface area contributed by atoms with Gasteiger partial charge in [-0.05, 0) is 117 Å². The minimum atomic E-state index is 0.283. The molecular weight excluding hydrogens is 506 g/mol. The average molecular weight is 564 g/mol. The van der Waals surface area contributed by atoms with E-state index in [-0.39, 0.29) is 12.0 Å². The third kappa shape index (κ3) is 7.00. The summed E-state index contributed by atoms with van der Waals surface area (Å²) in [5.74, 6) is 1.11. The SMILES string of the molecule is CCC1(CC)CCC(CC)(CC)c2cc(-c3cccc(N4CCC(N(CCCCO)CCCOC)CC4)n3)ccc21. The number of hydrogen-bond donors (Lipinski definition) is 1. The molecule has 0 bridgehead atoms. The molecule has 1 aliphatic carbocycles. The molecule has 0 saturated carbocycles. The quantitative estimate of drug-likeness (QED) is 0.225. The molecule has 0 unspecified atom stereocenters. The summed E-state index contributed by atoms with van der Waals surface area (Å²) in [5.41, 5.74) is 6.17. The van der Waals surface area contributed by atoms with Gasteiger partial charge < -0.3 is 19.6 Å². The van der Waals surface area contributed by atoms with Gasteiger partial charge in [-0.1, -0.05) is 45.9 Å². The van der Waals surface area contributed by atoms with Crippen LogP contribution >= 0.6 is 0 Å². The summed E-state index contributed by atoms with van der Waals surface area (Å²) in [6.45, 7) is 14.9. The number of methoxy groups -OCH3 is 1. The first-order chi connectivity index (χ1) is 20.0. The van der Waals surface area contributed by atoms with E-state index >= 15 is 0 Å². The Kier molecular flexibility index (Phi) is 11.7. The zero-order chi connectivity index (χ0) is 29.3. The molecule has 0 radical (unpaired) electrons. The molecule has 228 valence electrons. The molecule has 0 spiro atoms. The number of ether oxygens (including phenoxy) is 1. The molecule has 2 heterocycles. The van der Waals surface area contributed by atoms with E-state index in [2.05, 4.69) is 73.9 Å². The summed E-state index contributed by atoms with van der Waals surface area (Å²) in [6.07, 6.45) is 12.8. The fourth-order valence-corrected chi connectivity index (χ4v) is 7.86. The van der Waals surface area contributed by atoms with Crippen molar-refractivity contribution in [1.29, 1.82) is 0 Å². The van der Waals surface area contributed by atoms with Crippen LogP contribution in [0.3, 0.4) is 0 Å². The molecule has 1 saturated heterocycles. The van der Waals surface area contributed by atoms with E-state index in [9.17, 15) is 5.11 Å². The lowest BCUT2D eigenvalue weighted by molar-refractivity contribution is 0.131. The number of aromatic nitrogens is 1. The van der Waals surface area contributed by atoms with Gasteiger partial charge in [0.2, 0.25) is 0 Å². The van der Waals surface area contributed by atoms with Gasteiger partial charge >= 0.3 is 0 Å². The van der Waals surface area contributed by atoms with Crippen LogP contribution in [-0.4, -0.2) is 67.5 Å². The zero-order valence-electron chi connectivity index (χ0n) is 26.8. The lowest BCUT2D eigenvalue weighted by Gasteiger charge is -2.48. The summed E-state index contributed by atoms with van der Waals surface area (Å²) < 4.78 is 5.32. The minimum Gasteiger partial charge on any atom is -0.396 e. The van der Waals surface area contributed by atoms with Gasteiger partial charge in [0.1, 0.15) is 5.82 Å². The molecule has 1 N–H and O–H groups in total. The van der Waals surface area contributed by atoms with Gasteiger partial charge in [-0.15, -0.1) is 0 Å². The Morgan fingerprint density at radius 1 is 0.878 bits per heavy atom. The van der Waals surface area contributed by atoms with Gasteiger partial charge in [0, 0.05) is 51.6 Å². The molecule has 5 nitrogen and oxygen atoms in total. The maximum atomic E-state index is 9.27. The molecular formula is C36H57N3O2. The molecule has 1 aliphatic heterocycles. The molecule has 5 heteroatoms. The average Bonchev–Trinajstić information content (AvgIpc) is 3.04. The summed E-state index contributed by atoms with van der Waals surface area (Å²) in [6, 6.07) is 14.5. The van der Waals surface area contributed by atoms with Crippen molar-refractivity contribution in [2.24, 2.45) is 0 Å². The van der Waals surface area contributed by atoms with Gasteiger partial charge in [0.05, 0.1) is 5.69 Å². The van der Waals surface area contributed by atoms with Crippen LogP contribution in [0.1, 0.15) is 109 Å². The Bertz CT molecular complexity index is 1060. The first-order valence-electron chi connectivity index (χ1n) is 16.7. The van der Waals surface area contributed by atoms with Crippen molar-refractivity contribution < 1.29 is 9.84 Å². The van der Waals surface area contributed by atoms with Gasteiger partial charge in [-0.3, -0.25) is 0 Å². The van der Waals surface area contributed by atoms with E-state index in [1.165, 1.54) is 44.1 Å². The highest BCUT2D eigenvalue weighted by molar-refractivity contribution is 5.65. The van der Waals surface area contributed by atoms with Crippen LogP contribution in [0, 0.1) is 0 Å². The van der Waals surface area contributed by atoms with Crippen LogP contribution in [0.5, 0.6) is 0 Å². The second-order valence-corrected chi connectivity index (χ2v) is 12.6. The van der Waals surface area contributed by atoms with Crippen molar-refractivity contribution in [3.8, 4) is 11.3 Å². The minimum absolute atomic E-state index is 0.283. The van der Waals surface area contributed by atoms with E-state index < -0.39 is 0 Å². The molecule has 0 amide bonds. The Morgan fingerprint density at radius 3 is 2.17 bits per heavy atom. The molecule has 1 aromatic heterocycles. The van der Waals surface area contributed by atoms with Crippen molar-refractivity contribution >= 4 is 5.82 Å². The number of nitrogens with zero attached hydrogens (tertiary/aromatic N) is 3. The number of pyridine rings is 1. The largest absolute Gasteiger partial charge is 0.396 e. The van der Waals surface area contributed by atoms with Crippen LogP contribution < -0.4 is 4.90 Å². The Morgan fingerprint density at radius 2 is 1.54 bits per heavy atom. The van der Waals surface area contributed by atoms with E-state index in [1.54, 1.807) is 18.2 Å². The highest BCUT2D eigenvalue weighted by Crippen LogP contribution is 2.52. The Hall–Kier alpha value is -1.95. The third-order valence-corrected chi connectivity index (χ3v) is 10.9. The highest BCUT2D eigenvalue weighted by Gasteiger charge is 2.43. The first kappa shape index (κ1) is 32.0. The summed E-state index contributed by atoms with van der Waals surface area (Å²) >= 11 is 0. The monoisotopic (exact) mass is 563 g/mol. The van der Waals surface area contributed by atoms with Crippen molar-refractivity contribution in [3.05, 3.63) is 47.5 Å². The summed E-state index contributed by atoms with van der Waals surface area (Å²) in [4.78, 5) is 10.4. The second-order valence-electron chi connectivity index (χ2n) is 12.6. The number of piperidine rings is 1. The molecule has 41 heavy (non-hydrogen) atoms. The molecule has 0 atom stereocenters. The van der Waals surface area contributed by atoms with E-state index in [0.717, 1.165) is 76.4 Å². The fourth-order valence-electron chi connectivity index (χ4n) is 7.86. The number of hydrogen-bond acceptors (Lipinski definition) is 5. The van der Waals surface area contributed by atoms with Gasteiger partial charge in [-0.2, -0.15) is 0 Å². The van der Waals surface area contributed by atoms with Crippen molar-refractivity contribution in [1.82, 2.24) is 9.88 Å². The maximum Gasteiger partial charge on any atom is 0.129 e. The number of aliphatic hydroxyl groups excluding tert-OH is 1. The van der Waals surface area contributed by atoms with E-state index in [1.807, 2.05) is 0 Å². The summed E-state index contributed by atoms with van der Waals surface area (Å²) in [5, 5.41) is 9.27. The standard InChI is InChI=1S/C36H57N3O2/c1-6-35(7-2)20-21-36(8-3,9-4)32-28-29(16-17-31(32)35)33-14-12-15-34(37-33)39-24-18-30(19-25-39)38(22-10-11-26-40)23-13-27-41-5/h12,14-17,28,30,40H,6-11,13,18-27H2,1-5H3. The van der Waals surface area contributed by atoms with Crippen molar-refractivity contribution in [2.45, 2.75) is 115 Å². The van der Waals surface area contributed by atoms with Crippen molar-refractivity contribution in [2.75, 3.05) is 51.4 Å². The van der Waals surface area contributed by atoms with Gasteiger partial charge in [0.15, 0.2) is 0 Å². The van der Waals surface area contributed by atoms with Crippen LogP contribution in [0.15, 0.2) is 36.4 Å². The van der Waals surface area contributed by atoms with Crippen LogP contribution in [-0.2, 0) is 15.6 Å². The van der Waals surface area contributed by atoms with Gasteiger partial charge in [-0.25, -0.2) is 4.98 Å². The fraction of sp³-hybridized carbons (Fsp3) is 0.694. The van der Waals surface area contributed by atoms with Crippen molar-refractivity contribution in [3.63, 3.8) is 0 Å². The van der Waals surface area contributed by atoms with Crippen LogP contribution in [0.25, 0.3) is 11.3 Å². The normalized spacial score (nSPS) is 18.6. The van der Waals surface area contributed by atoms with E-state index in [4.69, 9.17) is 9.72 Å². The third-order valence-electron chi connectivity index (χ3n) is 10.9. The smallest absolute Gasteiger partial charge is 0.129 e. The highest BCUT2D eigenvalue weighted by atomic mass is 16.5. The number of rotatable bonds is 15.